The molecule has 3 heterocycles. The molecule has 1 aromatic carbocycles. The quantitative estimate of drug-likeness (QED) is 0.528. The molecule has 0 saturated carbocycles. The van der Waals surface area contributed by atoms with Crippen molar-refractivity contribution in [3.63, 3.8) is 0 Å². The lowest BCUT2D eigenvalue weighted by Crippen LogP contribution is -2.22. The van der Waals surface area contributed by atoms with Gasteiger partial charge in [0.1, 0.15) is 17.5 Å². The molecule has 5 nitrogen and oxygen atoms in total. The first-order valence-electron chi connectivity index (χ1n) is 11.1. The fourth-order valence-corrected chi connectivity index (χ4v) is 4.08. The van der Waals surface area contributed by atoms with Crippen molar-refractivity contribution in [1.29, 1.82) is 0 Å². The largest absolute Gasteiger partial charge is 0.363 e. The van der Waals surface area contributed by atoms with E-state index in [1.54, 1.807) is 36.4 Å². The van der Waals surface area contributed by atoms with Crippen molar-refractivity contribution in [2.75, 3.05) is 11.9 Å². The summed E-state index contributed by atoms with van der Waals surface area (Å²) in [6.45, 7) is 10.9. The summed E-state index contributed by atoms with van der Waals surface area (Å²) in [4.78, 5) is 22.8. The van der Waals surface area contributed by atoms with E-state index in [9.17, 15) is 4.79 Å². The van der Waals surface area contributed by atoms with E-state index < -0.39 is 17.7 Å². The lowest BCUT2D eigenvalue weighted by Gasteiger charge is -2.20. The minimum atomic E-state index is -0.563. The van der Waals surface area contributed by atoms with E-state index in [1.807, 2.05) is 13.0 Å². The Bertz CT molecular complexity index is 1220. The van der Waals surface area contributed by atoms with Crippen LogP contribution in [0.15, 0.2) is 42.7 Å². The van der Waals surface area contributed by atoms with Crippen LogP contribution in [0, 0.1) is 11.6 Å². The van der Waals surface area contributed by atoms with E-state index >= 15 is 8.78 Å². The number of carbonyl (C=O) groups is 1. The van der Waals surface area contributed by atoms with Crippen LogP contribution in [0.5, 0.6) is 0 Å². The maximum atomic E-state index is 15.1. The average molecular weight is 451 g/mol. The zero-order chi connectivity index (χ0) is 23.9. The molecule has 1 aliphatic rings. The molecular weight excluding hydrogens is 422 g/mol. The number of hydrogen-bond acceptors (Lipinski definition) is 4. The van der Waals surface area contributed by atoms with Gasteiger partial charge in [0.25, 0.3) is 5.91 Å². The zero-order valence-electron chi connectivity index (χ0n) is 19.5. The molecule has 1 amide bonds. The molecule has 172 valence electrons. The molecule has 7 heteroatoms. The summed E-state index contributed by atoms with van der Waals surface area (Å²) in [5.74, 6) is -0.615. The highest BCUT2D eigenvalue weighted by Crippen LogP contribution is 2.33. The summed E-state index contributed by atoms with van der Waals surface area (Å²) < 4.78 is 30.2. The van der Waals surface area contributed by atoms with Crippen LogP contribution in [-0.4, -0.2) is 27.3 Å². The minimum absolute atomic E-state index is 0.0443. The third kappa shape index (κ3) is 4.32. The van der Waals surface area contributed by atoms with Gasteiger partial charge in [-0.3, -0.25) is 9.78 Å². The van der Waals surface area contributed by atoms with Crippen LogP contribution in [0.3, 0.4) is 0 Å². The average Bonchev–Trinajstić information content (AvgIpc) is 3.11. The Morgan fingerprint density at radius 3 is 2.48 bits per heavy atom. The molecule has 0 bridgehead atoms. The van der Waals surface area contributed by atoms with E-state index in [1.165, 1.54) is 12.1 Å². The summed E-state index contributed by atoms with van der Waals surface area (Å²) in [7, 11) is 0. The minimum Gasteiger partial charge on any atom is -0.363 e. The molecule has 2 aromatic heterocycles. The van der Waals surface area contributed by atoms with Crippen LogP contribution in [0.25, 0.3) is 11.3 Å². The Labute approximate surface area is 192 Å². The highest BCUT2D eigenvalue weighted by molar-refractivity contribution is 5.99. The number of fused-ring (bicyclic) bond motifs is 1. The number of pyridine rings is 2. The van der Waals surface area contributed by atoms with Crippen molar-refractivity contribution >= 4 is 11.7 Å². The van der Waals surface area contributed by atoms with Crippen LogP contribution in [-0.2, 0) is 12.0 Å². The Balaban J connectivity index is 1.64. The molecule has 1 atom stereocenters. The lowest BCUT2D eigenvalue weighted by atomic mass is 9.87. The number of carbonyl (C=O) groups excluding carboxylic acids is 1. The molecule has 3 aromatic rings. The summed E-state index contributed by atoms with van der Waals surface area (Å²) in [6, 6.07) is 7.22. The number of aromatic nitrogens is 2. The molecular formula is C26H28F2N4O. The van der Waals surface area contributed by atoms with Gasteiger partial charge < -0.3 is 10.2 Å². The Hall–Kier alpha value is -3.35. The predicted molar refractivity (Wildman–Crippen MR) is 125 cm³/mol. The number of nitrogens with one attached hydrogen (secondary N) is 1. The molecule has 4 rings (SSSR count). The van der Waals surface area contributed by atoms with Gasteiger partial charge in [-0.1, -0.05) is 20.8 Å². The lowest BCUT2D eigenvalue weighted by molar-refractivity contribution is 0.0787. The van der Waals surface area contributed by atoms with Crippen molar-refractivity contribution < 1.29 is 13.6 Å². The summed E-state index contributed by atoms with van der Waals surface area (Å²) in [6.07, 6.45) is 3.17. The van der Waals surface area contributed by atoms with E-state index in [4.69, 9.17) is 0 Å². The molecule has 0 saturated heterocycles. The van der Waals surface area contributed by atoms with Crippen LogP contribution < -0.4 is 5.32 Å². The SMILES string of the molecule is CCN1Cc2c(ccnc2NC(C)c2cc(F)c(-c3cc(C(C)(C)C)ccn3)cc2F)C1=O. The van der Waals surface area contributed by atoms with E-state index in [-0.39, 0.29) is 22.4 Å². The monoisotopic (exact) mass is 450 g/mol. The van der Waals surface area contributed by atoms with Crippen molar-refractivity contribution in [3.8, 4) is 11.3 Å². The Morgan fingerprint density at radius 1 is 1.06 bits per heavy atom. The molecule has 1 aliphatic heterocycles. The number of rotatable bonds is 5. The van der Waals surface area contributed by atoms with E-state index in [0.717, 1.165) is 11.1 Å². The number of nitrogens with zero attached hydrogens (tertiary/aromatic N) is 3. The van der Waals surface area contributed by atoms with Crippen LogP contribution in [0.1, 0.15) is 67.7 Å². The molecule has 0 aliphatic carbocycles. The normalized spacial score (nSPS) is 14.4. The topological polar surface area (TPSA) is 58.1 Å². The maximum absolute atomic E-state index is 15.1. The Morgan fingerprint density at radius 2 is 1.79 bits per heavy atom. The van der Waals surface area contributed by atoms with Crippen molar-refractivity contribution in [1.82, 2.24) is 14.9 Å². The summed E-state index contributed by atoms with van der Waals surface area (Å²) in [5, 5.41) is 3.17. The first kappa shape index (κ1) is 22.8. The molecule has 0 fully saturated rings. The van der Waals surface area contributed by atoms with Gasteiger partial charge in [-0.2, -0.15) is 0 Å². The van der Waals surface area contributed by atoms with Gasteiger partial charge in [0.05, 0.1) is 18.3 Å². The second-order valence-corrected chi connectivity index (χ2v) is 9.40. The fraction of sp³-hybridized carbons (Fsp3) is 0.346. The van der Waals surface area contributed by atoms with Gasteiger partial charge >= 0.3 is 0 Å². The van der Waals surface area contributed by atoms with Gasteiger partial charge in [0.15, 0.2) is 0 Å². The van der Waals surface area contributed by atoms with Crippen molar-refractivity contribution in [2.45, 2.75) is 52.6 Å². The van der Waals surface area contributed by atoms with Gasteiger partial charge in [0.2, 0.25) is 0 Å². The third-order valence-corrected chi connectivity index (χ3v) is 6.11. The van der Waals surface area contributed by atoms with Gasteiger partial charge in [-0.25, -0.2) is 13.8 Å². The molecule has 1 N–H and O–H groups in total. The number of benzene rings is 1. The van der Waals surface area contributed by atoms with Crippen molar-refractivity contribution in [3.05, 3.63) is 76.6 Å². The first-order valence-corrected chi connectivity index (χ1v) is 11.1. The van der Waals surface area contributed by atoms with Crippen LogP contribution in [0.2, 0.25) is 0 Å². The second-order valence-electron chi connectivity index (χ2n) is 9.40. The zero-order valence-corrected chi connectivity index (χ0v) is 19.5. The van der Waals surface area contributed by atoms with E-state index in [0.29, 0.717) is 30.2 Å². The standard InChI is InChI=1S/C26H28F2N4O/c1-6-32-14-20-17(25(32)33)8-10-30-24(20)31-15(2)18-12-22(28)19(13-21(18)27)23-11-16(7-9-29-23)26(3,4)5/h7-13,15H,6,14H2,1-5H3,(H,30,31). The summed E-state index contributed by atoms with van der Waals surface area (Å²) in [5.41, 5.74) is 2.92. The van der Waals surface area contributed by atoms with Crippen LogP contribution in [0.4, 0.5) is 14.6 Å². The number of anilines is 1. The van der Waals surface area contributed by atoms with Gasteiger partial charge in [-0.15, -0.1) is 0 Å². The first-order chi connectivity index (χ1) is 15.6. The van der Waals surface area contributed by atoms with Crippen LogP contribution >= 0.6 is 0 Å². The highest BCUT2D eigenvalue weighted by Gasteiger charge is 2.29. The summed E-state index contributed by atoms with van der Waals surface area (Å²) >= 11 is 0. The maximum Gasteiger partial charge on any atom is 0.254 e. The molecule has 33 heavy (non-hydrogen) atoms. The van der Waals surface area contributed by atoms with Gasteiger partial charge in [-0.05, 0) is 55.2 Å². The molecule has 0 spiro atoms. The number of amides is 1. The number of halogens is 2. The van der Waals surface area contributed by atoms with Crippen molar-refractivity contribution in [2.24, 2.45) is 0 Å². The second kappa shape index (κ2) is 8.54. The highest BCUT2D eigenvalue weighted by atomic mass is 19.1. The fourth-order valence-electron chi connectivity index (χ4n) is 4.08. The number of hydrogen-bond donors (Lipinski definition) is 1. The molecule has 0 radical (unpaired) electrons. The van der Waals surface area contributed by atoms with Gasteiger partial charge in [0, 0.05) is 41.2 Å². The predicted octanol–water partition coefficient (Wildman–Crippen LogP) is 5.87. The van der Waals surface area contributed by atoms with E-state index in [2.05, 4.69) is 36.1 Å². The third-order valence-electron chi connectivity index (χ3n) is 6.11. The molecule has 1 unspecified atom stereocenters. The Kier molecular flexibility index (Phi) is 5.91. The smallest absolute Gasteiger partial charge is 0.254 e.